The van der Waals surface area contributed by atoms with Crippen LogP contribution in [0, 0.1) is 0 Å². The number of nitrogens with zero attached hydrogens (tertiary/aromatic N) is 4. The quantitative estimate of drug-likeness (QED) is 0.822. The summed E-state index contributed by atoms with van der Waals surface area (Å²) in [5.74, 6) is 0.876. The second-order valence-corrected chi connectivity index (χ2v) is 6.23. The van der Waals surface area contributed by atoms with E-state index in [4.69, 9.17) is 11.6 Å². The molecule has 0 atom stereocenters. The Labute approximate surface area is 146 Å². The molecular formula is C16H21ClN6O. The van der Waals surface area contributed by atoms with Crippen molar-refractivity contribution in [2.45, 2.75) is 13.0 Å². The molecule has 2 N–H and O–H groups in total. The van der Waals surface area contributed by atoms with Crippen molar-refractivity contribution in [2.24, 2.45) is 0 Å². The van der Waals surface area contributed by atoms with E-state index in [0.717, 1.165) is 44.2 Å². The highest BCUT2D eigenvalue weighted by Gasteiger charge is 2.19. The Bertz CT molecular complexity index is 654. The second-order valence-electron chi connectivity index (χ2n) is 5.79. The van der Waals surface area contributed by atoms with Gasteiger partial charge in [-0.1, -0.05) is 23.7 Å². The topological polar surface area (TPSA) is 77.2 Å². The Balaban J connectivity index is 1.35. The summed E-state index contributed by atoms with van der Waals surface area (Å²) >= 11 is 5.94. The lowest BCUT2D eigenvalue weighted by atomic mass is 10.2. The second kappa shape index (κ2) is 8.12. The first-order valence-electron chi connectivity index (χ1n) is 8.04. The average Bonchev–Trinajstić information content (AvgIpc) is 3.13. The summed E-state index contributed by atoms with van der Waals surface area (Å²) in [7, 11) is 0. The molecule has 0 aliphatic carbocycles. The Hall–Kier alpha value is -2.12. The van der Waals surface area contributed by atoms with Gasteiger partial charge in [0.05, 0.1) is 0 Å². The molecule has 128 valence electrons. The van der Waals surface area contributed by atoms with Gasteiger partial charge in [-0.25, -0.2) is 5.10 Å². The lowest BCUT2D eigenvalue weighted by Crippen LogP contribution is -2.47. The number of aromatic amines is 1. The summed E-state index contributed by atoms with van der Waals surface area (Å²) in [5.41, 5.74) is 1.01. The fourth-order valence-electron chi connectivity index (χ4n) is 2.73. The third-order valence-electron chi connectivity index (χ3n) is 4.11. The molecule has 1 aliphatic rings. The predicted molar refractivity (Wildman–Crippen MR) is 93.0 cm³/mol. The van der Waals surface area contributed by atoms with E-state index in [2.05, 4.69) is 30.3 Å². The van der Waals surface area contributed by atoms with Crippen LogP contribution < -0.4 is 10.2 Å². The van der Waals surface area contributed by atoms with Gasteiger partial charge in [0, 0.05) is 50.7 Å². The largest absolute Gasteiger partial charge is 0.352 e. The number of carbonyl (C=O) groups is 1. The molecule has 24 heavy (non-hydrogen) atoms. The van der Waals surface area contributed by atoms with Crippen LogP contribution in [0.1, 0.15) is 12.0 Å². The van der Waals surface area contributed by atoms with Crippen LogP contribution in [0.15, 0.2) is 30.6 Å². The molecule has 0 radical (unpaired) electrons. The molecule has 2 heterocycles. The highest BCUT2D eigenvalue weighted by atomic mass is 35.5. The van der Waals surface area contributed by atoms with Gasteiger partial charge in [0.2, 0.25) is 11.9 Å². The normalized spacial score (nSPS) is 15.5. The maximum Gasteiger partial charge on any atom is 0.221 e. The molecule has 7 nitrogen and oxygen atoms in total. The fourth-order valence-corrected chi connectivity index (χ4v) is 2.94. The molecule has 0 saturated carbocycles. The number of anilines is 1. The molecule has 8 heteroatoms. The van der Waals surface area contributed by atoms with E-state index in [1.165, 1.54) is 6.33 Å². The number of rotatable bonds is 6. The minimum atomic E-state index is 0.0626. The van der Waals surface area contributed by atoms with Crippen molar-refractivity contribution in [3.63, 3.8) is 0 Å². The first kappa shape index (κ1) is 16.7. The maximum absolute atomic E-state index is 12.0. The molecule has 0 spiro atoms. The molecule has 1 aromatic heterocycles. The van der Waals surface area contributed by atoms with Crippen molar-refractivity contribution in [1.29, 1.82) is 0 Å². The Morgan fingerprint density at radius 3 is 2.83 bits per heavy atom. The minimum absolute atomic E-state index is 0.0626. The summed E-state index contributed by atoms with van der Waals surface area (Å²) in [5, 5.41) is 10.4. The summed E-state index contributed by atoms with van der Waals surface area (Å²) < 4.78 is 0. The number of halogens is 1. The van der Waals surface area contributed by atoms with Crippen molar-refractivity contribution >= 4 is 23.5 Å². The van der Waals surface area contributed by atoms with E-state index >= 15 is 0 Å². The third kappa shape index (κ3) is 4.69. The van der Waals surface area contributed by atoms with Crippen LogP contribution in [0.2, 0.25) is 5.02 Å². The van der Waals surface area contributed by atoms with E-state index in [0.29, 0.717) is 18.0 Å². The lowest BCUT2D eigenvalue weighted by molar-refractivity contribution is -0.121. The smallest absolute Gasteiger partial charge is 0.221 e. The third-order valence-corrected chi connectivity index (χ3v) is 4.34. The molecule has 0 bridgehead atoms. The highest BCUT2D eigenvalue weighted by Crippen LogP contribution is 2.11. The van der Waals surface area contributed by atoms with Gasteiger partial charge in [0.15, 0.2) is 0 Å². The summed E-state index contributed by atoms with van der Waals surface area (Å²) in [4.78, 5) is 20.6. The van der Waals surface area contributed by atoms with Crippen molar-refractivity contribution in [1.82, 2.24) is 25.4 Å². The van der Waals surface area contributed by atoms with Crippen LogP contribution in [0.5, 0.6) is 0 Å². The molecular weight excluding hydrogens is 328 g/mol. The van der Waals surface area contributed by atoms with Crippen molar-refractivity contribution in [3.8, 4) is 0 Å². The van der Waals surface area contributed by atoms with Gasteiger partial charge in [0.1, 0.15) is 6.33 Å². The van der Waals surface area contributed by atoms with Crippen LogP contribution in [0.4, 0.5) is 5.95 Å². The Kier molecular flexibility index (Phi) is 5.66. The number of aromatic nitrogens is 3. The number of benzene rings is 1. The zero-order chi connectivity index (χ0) is 16.8. The SMILES string of the molecule is O=C(CCN1CCN(c2ncn[nH]2)CC1)NCc1cccc(Cl)c1. The van der Waals surface area contributed by atoms with E-state index in [1.807, 2.05) is 24.3 Å². The van der Waals surface area contributed by atoms with Gasteiger partial charge in [-0.15, -0.1) is 0 Å². The number of hydrogen-bond acceptors (Lipinski definition) is 5. The van der Waals surface area contributed by atoms with Crippen molar-refractivity contribution in [2.75, 3.05) is 37.6 Å². The number of H-pyrrole nitrogens is 1. The van der Waals surface area contributed by atoms with E-state index in [1.54, 1.807) is 0 Å². The van der Waals surface area contributed by atoms with E-state index in [-0.39, 0.29) is 5.91 Å². The zero-order valence-electron chi connectivity index (χ0n) is 13.4. The van der Waals surface area contributed by atoms with Crippen LogP contribution in [-0.4, -0.2) is 58.7 Å². The molecule has 1 saturated heterocycles. The Morgan fingerprint density at radius 2 is 2.12 bits per heavy atom. The standard InChI is InChI=1S/C16H21ClN6O/c17-14-3-1-2-13(10-14)11-18-15(24)4-5-22-6-8-23(9-7-22)16-19-12-20-21-16/h1-3,10,12H,4-9,11H2,(H,18,24)(H,19,20,21). The minimum Gasteiger partial charge on any atom is -0.352 e. The van der Waals surface area contributed by atoms with Crippen LogP contribution in [0.3, 0.4) is 0 Å². The first-order valence-corrected chi connectivity index (χ1v) is 8.42. The number of piperazine rings is 1. The lowest BCUT2D eigenvalue weighted by Gasteiger charge is -2.34. The predicted octanol–water partition coefficient (Wildman–Crippen LogP) is 1.29. The number of nitrogens with one attached hydrogen (secondary N) is 2. The van der Waals surface area contributed by atoms with Gasteiger partial charge < -0.3 is 10.2 Å². The molecule has 1 aromatic carbocycles. The van der Waals surface area contributed by atoms with Crippen molar-refractivity contribution in [3.05, 3.63) is 41.2 Å². The monoisotopic (exact) mass is 348 g/mol. The average molecular weight is 349 g/mol. The fraction of sp³-hybridized carbons (Fsp3) is 0.438. The van der Waals surface area contributed by atoms with E-state index < -0.39 is 0 Å². The van der Waals surface area contributed by atoms with E-state index in [9.17, 15) is 4.79 Å². The zero-order valence-corrected chi connectivity index (χ0v) is 14.2. The highest BCUT2D eigenvalue weighted by molar-refractivity contribution is 6.30. The Morgan fingerprint density at radius 1 is 1.29 bits per heavy atom. The first-order chi connectivity index (χ1) is 11.7. The van der Waals surface area contributed by atoms with Gasteiger partial charge in [-0.05, 0) is 17.7 Å². The van der Waals surface area contributed by atoms with Crippen molar-refractivity contribution < 1.29 is 4.79 Å². The van der Waals surface area contributed by atoms with Crippen LogP contribution in [-0.2, 0) is 11.3 Å². The molecule has 3 rings (SSSR count). The number of hydrogen-bond donors (Lipinski definition) is 2. The number of amides is 1. The van der Waals surface area contributed by atoms with Gasteiger partial charge in [0.25, 0.3) is 0 Å². The molecule has 1 fully saturated rings. The van der Waals surface area contributed by atoms with Gasteiger partial charge >= 0.3 is 0 Å². The summed E-state index contributed by atoms with van der Waals surface area (Å²) in [6.45, 7) is 4.90. The molecule has 1 aliphatic heterocycles. The molecule has 1 amide bonds. The summed E-state index contributed by atoms with van der Waals surface area (Å²) in [6, 6.07) is 7.53. The van der Waals surface area contributed by atoms with Crippen LogP contribution in [0.25, 0.3) is 0 Å². The maximum atomic E-state index is 12.0. The van der Waals surface area contributed by atoms with Crippen LogP contribution >= 0.6 is 11.6 Å². The molecule has 2 aromatic rings. The van der Waals surface area contributed by atoms with Gasteiger partial charge in [-0.2, -0.15) is 10.1 Å². The molecule has 0 unspecified atom stereocenters. The number of carbonyl (C=O) groups excluding carboxylic acids is 1. The van der Waals surface area contributed by atoms with Gasteiger partial charge in [-0.3, -0.25) is 9.69 Å². The summed E-state index contributed by atoms with van der Waals surface area (Å²) in [6.07, 6.45) is 2.02.